The predicted molar refractivity (Wildman–Crippen MR) is 104 cm³/mol. The molecule has 1 heterocycles. The third kappa shape index (κ3) is 4.87. The number of carbonyl (C=O) groups is 2. The molecule has 150 valence electrons. The van der Waals surface area contributed by atoms with Gasteiger partial charge in [0, 0.05) is 33.1 Å². The molecule has 2 amide bonds. The van der Waals surface area contributed by atoms with Gasteiger partial charge in [-0.3, -0.25) is 9.59 Å². The second-order valence-electron chi connectivity index (χ2n) is 7.42. The van der Waals surface area contributed by atoms with Crippen molar-refractivity contribution in [3.05, 3.63) is 29.3 Å². The molecule has 27 heavy (non-hydrogen) atoms. The number of sulfonamides is 1. The van der Waals surface area contributed by atoms with Crippen molar-refractivity contribution in [1.29, 1.82) is 0 Å². The van der Waals surface area contributed by atoms with Crippen LogP contribution in [0.1, 0.15) is 31.9 Å². The van der Waals surface area contributed by atoms with Crippen LogP contribution in [0.3, 0.4) is 0 Å². The number of amides is 2. The number of piperazine rings is 1. The van der Waals surface area contributed by atoms with Crippen LogP contribution < -0.4 is 5.32 Å². The fraction of sp³-hybridized carbons (Fsp3) is 0.579. The maximum absolute atomic E-state index is 12.9. The number of rotatable bonds is 5. The van der Waals surface area contributed by atoms with Gasteiger partial charge in [-0.05, 0) is 31.4 Å². The first kappa shape index (κ1) is 21.4. The standard InChI is InChI=1S/C19H29N3O4S/c1-13(2)18(20-16(5)23)19(24)21-8-10-22(11-9-21)27(25,26)17-7-6-14(3)12-15(17)4/h6-7,12-13,18H,8-11H2,1-5H3,(H,20,23)/t18-/m0/s1. The van der Waals surface area contributed by atoms with Gasteiger partial charge in [-0.1, -0.05) is 31.5 Å². The van der Waals surface area contributed by atoms with Crippen LogP contribution in [0, 0.1) is 19.8 Å². The molecule has 2 rings (SSSR count). The van der Waals surface area contributed by atoms with E-state index >= 15 is 0 Å². The summed E-state index contributed by atoms with van der Waals surface area (Å²) in [6.07, 6.45) is 0. The molecule has 1 aliphatic heterocycles. The van der Waals surface area contributed by atoms with Gasteiger partial charge in [0.2, 0.25) is 21.8 Å². The van der Waals surface area contributed by atoms with Gasteiger partial charge in [-0.25, -0.2) is 8.42 Å². The zero-order valence-corrected chi connectivity index (χ0v) is 17.5. The van der Waals surface area contributed by atoms with E-state index in [-0.39, 0.29) is 30.8 Å². The van der Waals surface area contributed by atoms with Crippen LogP contribution in [0.2, 0.25) is 0 Å². The van der Waals surface area contributed by atoms with E-state index in [0.29, 0.717) is 18.0 Å². The van der Waals surface area contributed by atoms with Crippen molar-refractivity contribution in [2.75, 3.05) is 26.2 Å². The van der Waals surface area contributed by atoms with E-state index in [2.05, 4.69) is 5.32 Å². The fourth-order valence-electron chi connectivity index (χ4n) is 3.31. The minimum absolute atomic E-state index is 0.0432. The molecule has 1 saturated heterocycles. The highest BCUT2D eigenvalue weighted by molar-refractivity contribution is 7.89. The Bertz CT molecular complexity index is 812. The van der Waals surface area contributed by atoms with Gasteiger partial charge in [0.25, 0.3) is 0 Å². The molecule has 0 saturated carbocycles. The molecule has 1 N–H and O–H groups in total. The molecule has 1 aliphatic rings. The van der Waals surface area contributed by atoms with Crippen molar-refractivity contribution in [2.24, 2.45) is 5.92 Å². The molecule has 0 aliphatic carbocycles. The van der Waals surface area contributed by atoms with Crippen molar-refractivity contribution in [3.63, 3.8) is 0 Å². The molecule has 1 atom stereocenters. The Morgan fingerprint density at radius 2 is 1.67 bits per heavy atom. The molecule has 8 heteroatoms. The van der Waals surface area contributed by atoms with Crippen LogP contribution in [0.5, 0.6) is 0 Å². The van der Waals surface area contributed by atoms with Crippen LogP contribution in [0.4, 0.5) is 0 Å². The van der Waals surface area contributed by atoms with E-state index in [0.717, 1.165) is 11.1 Å². The second-order valence-corrected chi connectivity index (χ2v) is 9.33. The number of carbonyl (C=O) groups excluding carboxylic acids is 2. The average Bonchev–Trinajstić information content (AvgIpc) is 2.58. The lowest BCUT2D eigenvalue weighted by atomic mass is 10.0. The van der Waals surface area contributed by atoms with Crippen molar-refractivity contribution >= 4 is 21.8 Å². The van der Waals surface area contributed by atoms with Gasteiger partial charge in [0.05, 0.1) is 4.90 Å². The Labute approximate surface area is 161 Å². The molecule has 0 aromatic heterocycles. The second kappa shape index (κ2) is 8.39. The summed E-state index contributed by atoms with van der Waals surface area (Å²) >= 11 is 0. The molecule has 1 aromatic rings. The van der Waals surface area contributed by atoms with E-state index in [1.54, 1.807) is 24.0 Å². The number of nitrogens with one attached hydrogen (secondary N) is 1. The summed E-state index contributed by atoms with van der Waals surface area (Å²) in [5, 5.41) is 2.69. The van der Waals surface area contributed by atoms with Crippen molar-refractivity contribution in [1.82, 2.24) is 14.5 Å². The number of nitrogens with zero attached hydrogens (tertiary/aromatic N) is 2. The monoisotopic (exact) mass is 395 g/mol. The van der Waals surface area contributed by atoms with Crippen LogP contribution in [0.15, 0.2) is 23.1 Å². The van der Waals surface area contributed by atoms with Crippen LogP contribution >= 0.6 is 0 Å². The van der Waals surface area contributed by atoms with Crippen molar-refractivity contribution < 1.29 is 18.0 Å². The minimum atomic E-state index is -3.59. The fourth-order valence-corrected chi connectivity index (χ4v) is 4.93. The average molecular weight is 396 g/mol. The third-order valence-corrected chi connectivity index (χ3v) is 6.85. The Kier molecular flexibility index (Phi) is 6.64. The van der Waals surface area contributed by atoms with E-state index in [1.165, 1.54) is 11.2 Å². The molecule has 0 bridgehead atoms. The summed E-state index contributed by atoms with van der Waals surface area (Å²) < 4.78 is 27.3. The predicted octanol–water partition coefficient (Wildman–Crippen LogP) is 1.30. The summed E-state index contributed by atoms with van der Waals surface area (Å²) in [7, 11) is -3.59. The van der Waals surface area contributed by atoms with E-state index < -0.39 is 16.1 Å². The molecule has 0 radical (unpaired) electrons. The zero-order chi connectivity index (χ0) is 20.4. The number of benzene rings is 1. The topological polar surface area (TPSA) is 86.8 Å². The quantitative estimate of drug-likeness (QED) is 0.814. The molecule has 0 unspecified atom stereocenters. The van der Waals surface area contributed by atoms with Gasteiger partial charge >= 0.3 is 0 Å². The number of hydrogen-bond acceptors (Lipinski definition) is 4. The Balaban J connectivity index is 2.09. The van der Waals surface area contributed by atoms with Crippen LogP contribution in [-0.2, 0) is 19.6 Å². The van der Waals surface area contributed by atoms with Gasteiger partial charge < -0.3 is 10.2 Å². The zero-order valence-electron chi connectivity index (χ0n) is 16.7. The first-order valence-corrected chi connectivity index (χ1v) is 10.6. The van der Waals surface area contributed by atoms with Crippen LogP contribution in [-0.4, -0.2) is 61.7 Å². The Morgan fingerprint density at radius 1 is 1.07 bits per heavy atom. The van der Waals surface area contributed by atoms with Gasteiger partial charge in [-0.15, -0.1) is 0 Å². The summed E-state index contributed by atoms with van der Waals surface area (Å²) in [4.78, 5) is 26.1. The lowest BCUT2D eigenvalue weighted by Crippen LogP contribution is -2.56. The van der Waals surface area contributed by atoms with Gasteiger partial charge in [0.15, 0.2) is 0 Å². The normalized spacial score (nSPS) is 17.0. The highest BCUT2D eigenvalue weighted by Gasteiger charge is 2.34. The van der Waals surface area contributed by atoms with Crippen molar-refractivity contribution in [3.8, 4) is 0 Å². The number of aryl methyl sites for hydroxylation is 2. The SMILES string of the molecule is CC(=O)N[C@H](C(=O)N1CCN(S(=O)(=O)c2ccc(C)cc2C)CC1)C(C)C. The summed E-state index contributed by atoms with van der Waals surface area (Å²) in [6.45, 7) is 9.96. The largest absolute Gasteiger partial charge is 0.344 e. The lowest BCUT2D eigenvalue weighted by molar-refractivity contribution is -0.138. The smallest absolute Gasteiger partial charge is 0.245 e. The lowest BCUT2D eigenvalue weighted by Gasteiger charge is -2.36. The molecular weight excluding hydrogens is 366 g/mol. The molecule has 1 aromatic carbocycles. The maximum Gasteiger partial charge on any atom is 0.245 e. The minimum Gasteiger partial charge on any atom is -0.344 e. The highest BCUT2D eigenvalue weighted by atomic mass is 32.2. The summed E-state index contributed by atoms with van der Waals surface area (Å²) in [5.41, 5.74) is 1.73. The Morgan fingerprint density at radius 3 is 2.15 bits per heavy atom. The van der Waals surface area contributed by atoms with E-state index in [4.69, 9.17) is 0 Å². The summed E-state index contributed by atoms with van der Waals surface area (Å²) in [5.74, 6) is -0.458. The van der Waals surface area contributed by atoms with Gasteiger partial charge in [-0.2, -0.15) is 4.31 Å². The maximum atomic E-state index is 12.9. The van der Waals surface area contributed by atoms with Crippen LogP contribution in [0.25, 0.3) is 0 Å². The molecule has 7 nitrogen and oxygen atoms in total. The third-order valence-electron chi connectivity index (χ3n) is 4.79. The molecule has 1 fully saturated rings. The van der Waals surface area contributed by atoms with Crippen molar-refractivity contribution in [2.45, 2.75) is 45.6 Å². The molecular formula is C19H29N3O4S. The Hall–Kier alpha value is -1.93. The molecule has 0 spiro atoms. The first-order valence-electron chi connectivity index (χ1n) is 9.17. The number of hydrogen-bond donors (Lipinski definition) is 1. The first-order chi connectivity index (χ1) is 12.5. The highest BCUT2D eigenvalue weighted by Crippen LogP contribution is 2.22. The van der Waals surface area contributed by atoms with E-state index in [1.807, 2.05) is 26.8 Å². The van der Waals surface area contributed by atoms with Gasteiger partial charge in [0.1, 0.15) is 6.04 Å². The summed E-state index contributed by atoms with van der Waals surface area (Å²) in [6, 6.07) is 4.70. The van der Waals surface area contributed by atoms with E-state index in [9.17, 15) is 18.0 Å².